The van der Waals surface area contributed by atoms with Gasteiger partial charge in [0.25, 0.3) is 0 Å². The minimum Gasteiger partial charge on any atom is -0.396 e. The van der Waals surface area contributed by atoms with Crippen molar-refractivity contribution in [2.24, 2.45) is 0 Å². The minimum atomic E-state index is -0.659. The van der Waals surface area contributed by atoms with Gasteiger partial charge in [0.15, 0.2) is 0 Å². The Morgan fingerprint density at radius 1 is 1.16 bits per heavy atom. The molecule has 1 aromatic carbocycles. The molecule has 0 heterocycles. The van der Waals surface area contributed by atoms with Crippen LogP contribution in [0.2, 0.25) is 0 Å². The van der Waals surface area contributed by atoms with E-state index in [1.54, 1.807) is 12.1 Å². The van der Waals surface area contributed by atoms with E-state index in [2.05, 4.69) is 10.6 Å². The zero-order chi connectivity index (χ0) is 14.1. The highest BCUT2D eigenvalue weighted by atomic mass is 16.3. The summed E-state index contributed by atoms with van der Waals surface area (Å²) in [4.78, 5) is 23.1. The summed E-state index contributed by atoms with van der Waals surface area (Å²) in [5.74, 6) is -1.29. The normalized spacial score (nSPS) is 10.0. The molecule has 2 amide bonds. The number of anilines is 1. The van der Waals surface area contributed by atoms with Crippen molar-refractivity contribution in [3.63, 3.8) is 0 Å². The minimum absolute atomic E-state index is 0.155. The number of amides is 2. The molecule has 19 heavy (non-hydrogen) atoms. The molecule has 5 heteroatoms. The predicted octanol–water partition coefficient (Wildman–Crippen LogP) is 1.21. The number of hydrogen-bond donors (Lipinski definition) is 3. The number of aliphatic hydroxyl groups excluding tert-OH is 1. The first-order chi connectivity index (χ1) is 9.13. The summed E-state index contributed by atoms with van der Waals surface area (Å²) < 4.78 is 0. The van der Waals surface area contributed by atoms with E-state index in [1.807, 2.05) is 19.1 Å². The Balaban J connectivity index is 2.31. The molecule has 0 aromatic heterocycles. The lowest BCUT2D eigenvalue weighted by atomic mass is 10.2. The lowest BCUT2D eigenvalue weighted by Crippen LogP contribution is -2.35. The van der Waals surface area contributed by atoms with E-state index in [0.717, 1.165) is 18.4 Å². The molecule has 0 atom stereocenters. The van der Waals surface area contributed by atoms with Crippen LogP contribution in [0, 0.1) is 6.92 Å². The Bertz CT molecular complexity index is 432. The van der Waals surface area contributed by atoms with Crippen molar-refractivity contribution in [1.29, 1.82) is 0 Å². The van der Waals surface area contributed by atoms with E-state index in [4.69, 9.17) is 5.11 Å². The van der Waals surface area contributed by atoms with Gasteiger partial charge in [-0.2, -0.15) is 0 Å². The largest absolute Gasteiger partial charge is 0.396 e. The van der Waals surface area contributed by atoms with E-state index in [0.29, 0.717) is 18.7 Å². The molecule has 0 saturated heterocycles. The number of nitrogens with one attached hydrogen (secondary N) is 2. The maximum Gasteiger partial charge on any atom is 0.313 e. The van der Waals surface area contributed by atoms with Crippen molar-refractivity contribution in [3.05, 3.63) is 29.8 Å². The van der Waals surface area contributed by atoms with Crippen LogP contribution in [-0.4, -0.2) is 30.1 Å². The van der Waals surface area contributed by atoms with Crippen molar-refractivity contribution in [2.45, 2.75) is 26.2 Å². The molecule has 1 rings (SSSR count). The first-order valence-corrected chi connectivity index (χ1v) is 6.40. The second-order valence-electron chi connectivity index (χ2n) is 4.36. The van der Waals surface area contributed by atoms with Crippen molar-refractivity contribution in [2.75, 3.05) is 18.5 Å². The van der Waals surface area contributed by atoms with Gasteiger partial charge < -0.3 is 15.7 Å². The SMILES string of the molecule is Cc1cccc(NC(=O)C(=O)NCCCCCO)c1. The van der Waals surface area contributed by atoms with Crippen LogP contribution in [0.5, 0.6) is 0 Å². The quantitative estimate of drug-likeness (QED) is 0.534. The fourth-order valence-electron chi connectivity index (χ4n) is 1.61. The number of benzene rings is 1. The van der Waals surface area contributed by atoms with Gasteiger partial charge in [-0.05, 0) is 43.9 Å². The van der Waals surface area contributed by atoms with E-state index < -0.39 is 11.8 Å². The summed E-state index contributed by atoms with van der Waals surface area (Å²) >= 11 is 0. The van der Waals surface area contributed by atoms with Gasteiger partial charge in [0.05, 0.1) is 0 Å². The zero-order valence-corrected chi connectivity index (χ0v) is 11.1. The predicted molar refractivity (Wildman–Crippen MR) is 73.8 cm³/mol. The zero-order valence-electron chi connectivity index (χ0n) is 11.1. The van der Waals surface area contributed by atoms with Gasteiger partial charge in [0, 0.05) is 18.8 Å². The fraction of sp³-hybridized carbons (Fsp3) is 0.429. The Hall–Kier alpha value is -1.88. The molecular formula is C14H20N2O3. The van der Waals surface area contributed by atoms with E-state index >= 15 is 0 Å². The lowest BCUT2D eigenvalue weighted by Gasteiger charge is -2.06. The van der Waals surface area contributed by atoms with Gasteiger partial charge in [-0.3, -0.25) is 9.59 Å². The second kappa shape index (κ2) is 8.26. The summed E-state index contributed by atoms with van der Waals surface area (Å²) in [6.45, 7) is 2.51. The van der Waals surface area contributed by atoms with Crippen LogP contribution in [0.25, 0.3) is 0 Å². The monoisotopic (exact) mass is 264 g/mol. The van der Waals surface area contributed by atoms with E-state index in [-0.39, 0.29) is 6.61 Å². The first-order valence-electron chi connectivity index (χ1n) is 6.40. The molecule has 0 bridgehead atoms. The third-order valence-electron chi connectivity index (χ3n) is 2.60. The highest BCUT2D eigenvalue weighted by Gasteiger charge is 2.12. The third kappa shape index (κ3) is 6.01. The Kier molecular flexibility index (Phi) is 6.60. The fourth-order valence-corrected chi connectivity index (χ4v) is 1.61. The molecule has 0 saturated carbocycles. The Morgan fingerprint density at radius 2 is 1.95 bits per heavy atom. The molecule has 0 aliphatic rings. The van der Waals surface area contributed by atoms with Crippen molar-refractivity contribution in [1.82, 2.24) is 5.32 Å². The molecule has 0 spiro atoms. The molecule has 104 valence electrons. The summed E-state index contributed by atoms with van der Waals surface area (Å²) in [5.41, 5.74) is 1.63. The summed E-state index contributed by atoms with van der Waals surface area (Å²) in [7, 11) is 0. The average molecular weight is 264 g/mol. The van der Waals surface area contributed by atoms with Crippen LogP contribution in [-0.2, 0) is 9.59 Å². The molecule has 0 radical (unpaired) electrons. The second-order valence-corrected chi connectivity index (χ2v) is 4.36. The van der Waals surface area contributed by atoms with Crippen LogP contribution in [0.15, 0.2) is 24.3 Å². The highest BCUT2D eigenvalue weighted by molar-refractivity contribution is 6.39. The smallest absolute Gasteiger partial charge is 0.313 e. The Labute approximate surface area is 113 Å². The van der Waals surface area contributed by atoms with Gasteiger partial charge in [-0.1, -0.05) is 12.1 Å². The number of hydrogen-bond acceptors (Lipinski definition) is 3. The summed E-state index contributed by atoms with van der Waals surface area (Å²) in [5, 5.41) is 13.7. The van der Waals surface area contributed by atoms with Crippen LogP contribution in [0.4, 0.5) is 5.69 Å². The third-order valence-corrected chi connectivity index (χ3v) is 2.60. The molecule has 0 fully saturated rings. The van der Waals surface area contributed by atoms with Crippen molar-refractivity contribution in [3.8, 4) is 0 Å². The van der Waals surface area contributed by atoms with Gasteiger partial charge in [-0.25, -0.2) is 0 Å². The van der Waals surface area contributed by atoms with E-state index in [1.165, 1.54) is 0 Å². The number of carbonyl (C=O) groups excluding carboxylic acids is 2. The number of unbranched alkanes of at least 4 members (excludes halogenated alkanes) is 2. The van der Waals surface area contributed by atoms with Crippen LogP contribution in [0.3, 0.4) is 0 Å². The standard InChI is InChI=1S/C14H20N2O3/c1-11-6-5-7-12(10-11)16-14(19)13(18)15-8-3-2-4-9-17/h5-7,10,17H,2-4,8-9H2,1H3,(H,15,18)(H,16,19). The maximum absolute atomic E-state index is 11.6. The molecule has 0 unspecified atom stereocenters. The summed E-state index contributed by atoms with van der Waals surface area (Å²) in [6.07, 6.45) is 2.30. The van der Waals surface area contributed by atoms with E-state index in [9.17, 15) is 9.59 Å². The van der Waals surface area contributed by atoms with Crippen LogP contribution < -0.4 is 10.6 Å². The summed E-state index contributed by atoms with van der Waals surface area (Å²) in [6, 6.07) is 7.26. The van der Waals surface area contributed by atoms with Gasteiger partial charge in [0.2, 0.25) is 0 Å². The van der Waals surface area contributed by atoms with Gasteiger partial charge in [-0.15, -0.1) is 0 Å². The average Bonchev–Trinajstić information content (AvgIpc) is 2.38. The molecule has 1 aromatic rings. The molecule has 3 N–H and O–H groups in total. The van der Waals surface area contributed by atoms with Crippen molar-refractivity contribution >= 4 is 17.5 Å². The number of rotatable bonds is 6. The number of aryl methyl sites for hydroxylation is 1. The molecule has 0 aliphatic heterocycles. The van der Waals surface area contributed by atoms with Gasteiger partial charge in [0.1, 0.15) is 0 Å². The number of carbonyl (C=O) groups is 2. The van der Waals surface area contributed by atoms with Crippen LogP contribution >= 0.6 is 0 Å². The van der Waals surface area contributed by atoms with Crippen molar-refractivity contribution < 1.29 is 14.7 Å². The molecular weight excluding hydrogens is 244 g/mol. The first kappa shape index (κ1) is 15.2. The van der Waals surface area contributed by atoms with Crippen LogP contribution in [0.1, 0.15) is 24.8 Å². The highest BCUT2D eigenvalue weighted by Crippen LogP contribution is 2.09. The number of aliphatic hydroxyl groups is 1. The van der Waals surface area contributed by atoms with Gasteiger partial charge >= 0.3 is 11.8 Å². The molecule has 5 nitrogen and oxygen atoms in total. The molecule has 0 aliphatic carbocycles. The topological polar surface area (TPSA) is 78.4 Å². The lowest BCUT2D eigenvalue weighted by molar-refractivity contribution is -0.136. The Morgan fingerprint density at radius 3 is 2.63 bits per heavy atom. The maximum atomic E-state index is 11.6.